The molecule has 0 radical (unpaired) electrons. The van der Waals surface area contributed by atoms with E-state index >= 15 is 0 Å². The normalized spacial score (nSPS) is 18.7. The Morgan fingerprint density at radius 2 is 2.24 bits per heavy atom. The maximum Gasteiger partial charge on any atom is 0.143 e. The van der Waals surface area contributed by atoms with Crippen LogP contribution in [0.25, 0.3) is 0 Å². The van der Waals surface area contributed by atoms with Crippen LogP contribution in [0.3, 0.4) is 0 Å². The second kappa shape index (κ2) is 6.29. The van der Waals surface area contributed by atoms with Gasteiger partial charge >= 0.3 is 0 Å². The van der Waals surface area contributed by atoms with Crippen LogP contribution in [-0.2, 0) is 0 Å². The van der Waals surface area contributed by atoms with Crippen molar-refractivity contribution in [1.29, 1.82) is 0 Å². The third kappa shape index (κ3) is 3.15. The molecule has 0 aromatic heterocycles. The number of para-hydroxylation sites is 2. The summed E-state index contributed by atoms with van der Waals surface area (Å²) in [4.78, 5) is 2.46. The summed E-state index contributed by atoms with van der Waals surface area (Å²) in [5.41, 5.74) is 1.25. The molecular weight excluding hydrogens is 278 g/mol. The molecular formula is C14H20BrNO. The third-order valence-electron chi connectivity index (χ3n) is 3.10. The average Bonchev–Trinajstić information content (AvgIpc) is 2.36. The van der Waals surface area contributed by atoms with Crippen molar-refractivity contribution in [2.24, 2.45) is 0 Å². The number of hydrogen-bond donors (Lipinski definition) is 0. The number of benzene rings is 1. The van der Waals surface area contributed by atoms with E-state index in [0.29, 0.717) is 6.10 Å². The number of halogens is 1. The van der Waals surface area contributed by atoms with E-state index in [9.17, 15) is 0 Å². The molecule has 1 unspecified atom stereocenters. The molecule has 1 aromatic carbocycles. The monoisotopic (exact) mass is 297 g/mol. The van der Waals surface area contributed by atoms with Crippen molar-refractivity contribution in [2.45, 2.75) is 32.3 Å². The molecule has 0 fully saturated rings. The highest BCUT2D eigenvalue weighted by Crippen LogP contribution is 2.33. The van der Waals surface area contributed by atoms with Gasteiger partial charge in [0.1, 0.15) is 11.9 Å². The van der Waals surface area contributed by atoms with Gasteiger partial charge in [-0.05, 0) is 25.0 Å². The number of hydrogen-bond acceptors (Lipinski definition) is 2. The summed E-state index contributed by atoms with van der Waals surface area (Å²) in [6.45, 7) is 4.34. The van der Waals surface area contributed by atoms with E-state index in [2.05, 4.69) is 52.0 Å². The standard InChI is InChI=1S/C14H20BrNO/c1-2-6-12-11-16(10-5-9-15)13-7-3-4-8-14(13)17-12/h3-4,7-8,12H,2,5-6,9-11H2,1H3. The SMILES string of the molecule is CCCC1CN(CCCBr)c2ccccc2O1. The third-order valence-corrected chi connectivity index (χ3v) is 3.66. The van der Waals surface area contributed by atoms with Gasteiger partial charge in [0.05, 0.1) is 12.2 Å². The average molecular weight is 298 g/mol. The fourth-order valence-electron chi connectivity index (χ4n) is 2.31. The second-order valence-corrected chi connectivity index (χ2v) is 5.28. The van der Waals surface area contributed by atoms with Crippen LogP contribution in [0.2, 0.25) is 0 Å². The molecule has 0 N–H and O–H groups in total. The summed E-state index contributed by atoms with van der Waals surface area (Å²) in [6.07, 6.45) is 3.84. The Kier molecular flexibility index (Phi) is 4.72. The Morgan fingerprint density at radius 3 is 3.00 bits per heavy atom. The van der Waals surface area contributed by atoms with E-state index in [1.165, 1.54) is 18.5 Å². The summed E-state index contributed by atoms with van der Waals surface area (Å²) in [5, 5.41) is 1.06. The lowest BCUT2D eigenvalue weighted by atomic mass is 10.1. The second-order valence-electron chi connectivity index (χ2n) is 4.48. The summed E-state index contributed by atoms with van der Waals surface area (Å²) in [7, 11) is 0. The van der Waals surface area contributed by atoms with Crippen molar-refractivity contribution in [1.82, 2.24) is 0 Å². The minimum Gasteiger partial charge on any atom is -0.486 e. The molecule has 1 aliphatic heterocycles. The number of anilines is 1. The van der Waals surface area contributed by atoms with Gasteiger partial charge in [-0.2, -0.15) is 0 Å². The van der Waals surface area contributed by atoms with Gasteiger partial charge in [-0.1, -0.05) is 41.4 Å². The van der Waals surface area contributed by atoms with Crippen molar-refractivity contribution in [2.75, 3.05) is 23.3 Å². The molecule has 94 valence electrons. The number of fused-ring (bicyclic) bond motifs is 1. The van der Waals surface area contributed by atoms with E-state index in [4.69, 9.17) is 4.74 Å². The predicted octanol–water partition coefficient (Wildman–Crippen LogP) is 3.84. The molecule has 0 amide bonds. The zero-order chi connectivity index (χ0) is 12.1. The van der Waals surface area contributed by atoms with Gasteiger partial charge in [0.2, 0.25) is 0 Å². The van der Waals surface area contributed by atoms with E-state index in [1.54, 1.807) is 0 Å². The largest absolute Gasteiger partial charge is 0.486 e. The van der Waals surface area contributed by atoms with Gasteiger partial charge in [-0.25, -0.2) is 0 Å². The topological polar surface area (TPSA) is 12.5 Å². The number of rotatable bonds is 5. The Morgan fingerprint density at radius 1 is 1.41 bits per heavy atom. The Bertz CT molecular complexity index is 356. The molecule has 1 aromatic rings. The maximum atomic E-state index is 6.03. The fourth-order valence-corrected chi connectivity index (χ4v) is 2.56. The fraction of sp³-hybridized carbons (Fsp3) is 0.571. The molecule has 0 bridgehead atoms. The first kappa shape index (κ1) is 12.7. The molecule has 0 aliphatic carbocycles. The van der Waals surface area contributed by atoms with E-state index in [0.717, 1.165) is 30.6 Å². The summed E-state index contributed by atoms with van der Waals surface area (Å²) in [6, 6.07) is 8.38. The minimum absolute atomic E-state index is 0.352. The molecule has 2 rings (SSSR count). The first-order valence-electron chi connectivity index (χ1n) is 6.41. The molecule has 0 saturated heterocycles. The molecule has 1 heterocycles. The summed E-state index contributed by atoms with van der Waals surface area (Å²) < 4.78 is 6.03. The van der Waals surface area contributed by atoms with Crippen LogP contribution in [0.4, 0.5) is 5.69 Å². The Balaban J connectivity index is 2.13. The first-order valence-corrected chi connectivity index (χ1v) is 7.54. The highest BCUT2D eigenvalue weighted by Gasteiger charge is 2.24. The van der Waals surface area contributed by atoms with Crippen LogP contribution in [-0.4, -0.2) is 24.5 Å². The predicted molar refractivity (Wildman–Crippen MR) is 76.4 cm³/mol. The van der Waals surface area contributed by atoms with Gasteiger partial charge in [-0.3, -0.25) is 0 Å². The van der Waals surface area contributed by atoms with Gasteiger partial charge in [0.25, 0.3) is 0 Å². The molecule has 0 spiro atoms. The van der Waals surface area contributed by atoms with Crippen LogP contribution in [0.15, 0.2) is 24.3 Å². The number of nitrogens with zero attached hydrogens (tertiary/aromatic N) is 1. The smallest absolute Gasteiger partial charge is 0.143 e. The van der Waals surface area contributed by atoms with Gasteiger partial charge in [0, 0.05) is 11.9 Å². The number of alkyl halides is 1. The van der Waals surface area contributed by atoms with Gasteiger partial charge in [-0.15, -0.1) is 0 Å². The highest BCUT2D eigenvalue weighted by molar-refractivity contribution is 9.09. The highest BCUT2D eigenvalue weighted by atomic mass is 79.9. The van der Waals surface area contributed by atoms with Crippen molar-refractivity contribution < 1.29 is 4.74 Å². The number of ether oxygens (including phenoxy) is 1. The van der Waals surface area contributed by atoms with Crippen molar-refractivity contribution >= 4 is 21.6 Å². The molecule has 1 aliphatic rings. The molecule has 0 saturated carbocycles. The lowest BCUT2D eigenvalue weighted by Crippen LogP contribution is -2.40. The van der Waals surface area contributed by atoms with E-state index in [-0.39, 0.29) is 0 Å². The zero-order valence-corrected chi connectivity index (χ0v) is 11.9. The van der Waals surface area contributed by atoms with Crippen LogP contribution in [0.1, 0.15) is 26.2 Å². The molecule has 3 heteroatoms. The van der Waals surface area contributed by atoms with Crippen LogP contribution in [0.5, 0.6) is 5.75 Å². The van der Waals surface area contributed by atoms with Crippen molar-refractivity contribution in [3.8, 4) is 5.75 Å². The van der Waals surface area contributed by atoms with Crippen LogP contribution in [0, 0.1) is 0 Å². The minimum atomic E-state index is 0.352. The molecule has 17 heavy (non-hydrogen) atoms. The van der Waals surface area contributed by atoms with Crippen molar-refractivity contribution in [3.63, 3.8) is 0 Å². The Labute approximate surface area is 112 Å². The van der Waals surface area contributed by atoms with Crippen LogP contribution < -0.4 is 9.64 Å². The van der Waals surface area contributed by atoms with Crippen molar-refractivity contribution in [3.05, 3.63) is 24.3 Å². The van der Waals surface area contributed by atoms with E-state index < -0.39 is 0 Å². The summed E-state index contributed by atoms with van der Waals surface area (Å²) in [5.74, 6) is 1.05. The first-order chi connectivity index (χ1) is 8.35. The molecule has 1 atom stereocenters. The lowest BCUT2D eigenvalue weighted by molar-refractivity contribution is 0.182. The van der Waals surface area contributed by atoms with Gasteiger partial charge < -0.3 is 9.64 Å². The quantitative estimate of drug-likeness (QED) is 0.766. The molecule has 2 nitrogen and oxygen atoms in total. The van der Waals surface area contributed by atoms with E-state index in [1.807, 2.05) is 0 Å². The zero-order valence-electron chi connectivity index (χ0n) is 10.4. The summed E-state index contributed by atoms with van der Waals surface area (Å²) >= 11 is 3.50. The van der Waals surface area contributed by atoms with Crippen LogP contribution >= 0.6 is 15.9 Å². The maximum absolute atomic E-state index is 6.03. The Hall–Kier alpha value is -0.700. The lowest BCUT2D eigenvalue weighted by Gasteiger charge is -2.36. The van der Waals surface area contributed by atoms with Gasteiger partial charge in [0.15, 0.2) is 0 Å².